The molecule has 0 aromatic carbocycles. The number of halogens is 1. The third-order valence-corrected chi connectivity index (χ3v) is 2.80. The summed E-state index contributed by atoms with van der Waals surface area (Å²) in [6.07, 6.45) is 4.39. The molecular weight excluding hydrogens is 243 g/mol. The normalized spacial score (nSPS) is 11.0. The van der Waals surface area contributed by atoms with Gasteiger partial charge < -0.3 is 10.1 Å². The van der Waals surface area contributed by atoms with E-state index in [1.54, 1.807) is 0 Å². The first kappa shape index (κ1) is 15.9. The SMILES string of the molecule is CCCNCc1cc(F)cnc1OCCCC(C)C. The molecule has 4 heteroatoms. The monoisotopic (exact) mass is 268 g/mol. The van der Waals surface area contributed by atoms with Gasteiger partial charge in [-0.15, -0.1) is 0 Å². The van der Waals surface area contributed by atoms with Crippen molar-refractivity contribution in [2.24, 2.45) is 5.92 Å². The number of rotatable bonds is 9. The number of pyridine rings is 1. The molecule has 3 nitrogen and oxygen atoms in total. The Bertz CT molecular complexity index is 369. The average Bonchev–Trinajstić information content (AvgIpc) is 2.36. The van der Waals surface area contributed by atoms with Crippen LogP contribution in [0.2, 0.25) is 0 Å². The van der Waals surface area contributed by atoms with Gasteiger partial charge in [-0.3, -0.25) is 0 Å². The Kier molecular flexibility index (Phi) is 7.41. The van der Waals surface area contributed by atoms with Gasteiger partial charge in [-0.1, -0.05) is 20.8 Å². The molecule has 0 saturated carbocycles. The Labute approximate surface area is 115 Å². The van der Waals surface area contributed by atoms with Gasteiger partial charge in [-0.05, 0) is 37.8 Å². The minimum Gasteiger partial charge on any atom is -0.477 e. The Morgan fingerprint density at radius 1 is 1.42 bits per heavy atom. The molecule has 0 aliphatic carbocycles. The number of nitrogens with one attached hydrogen (secondary N) is 1. The molecule has 0 bridgehead atoms. The Morgan fingerprint density at radius 2 is 2.21 bits per heavy atom. The predicted molar refractivity (Wildman–Crippen MR) is 75.8 cm³/mol. The number of hydrogen-bond acceptors (Lipinski definition) is 3. The van der Waals surface area contributed by atoms with Crippen LogP contribution in [0, 0.1) is 11.7 Å². The molecule has 1 N–H and O–H groups in total. The predicted octanol–water partition coefficient (Wildman–Crippen LogP) is 3.54. The molecule has 0 unspecified atom stereocenters. The second-order valence-electron chi connectivity index (χ2n) is 5.18. The van der Waals surface area contributed by atoms with Gasteiger partial charge in [0.25, 0.3) is 0 Å². The Hall–Kier alpha value is -1.16. The van der Waals surface area contributed by atoms with E-state index in [-0.39, 0.29) is 5.82 Å². The van der Waals surface area contributed by atoms with E-state index in [9.17, 15) is 4.39 Å². The zero-order valence-electron chi connectivity index (χ0n) is 12.2. The van der Waals surface area contributed by atoms with E-state index >= 15 is 0 Å². The highest BCUT2D eigenvalue weighted by molar-refractivity contribution is 5.26. The molecule has 0 radical (unpaired) electrons. The maximum absolute atomic E-state index is 13.2. The molecule has 0 aliphatic rings. The van der Waals surface area contributed by atoms with Gasteiger partial charge in [-0.25, -0.2) is 9.37 Å². The lowest BCUT2D eigenvalue weighted by atomic mass is 10.1. The van der Waals surface area contributed by atoms with E-state index in [2.05, 4.69) is 31.1 Å². The van der Waals surface area contributed by atoms with Crippen LogP contribution in [0.1, 0.15) is 45.6 Å². The Morgan fingerprint density at radius 3 is 2.89 bits per heavy atom. The zero-order chi connectivity index (χ0) is 14.1. The van der Waals surface area contributed by atoms with Crippen molar-refractivity contribution in [3.8, 4) is 5.88 Å². The van der Waals surface area contributed by atoms with Gasteiger partial charge in [0.05, 0.1) is 12.8 Å². The van der Waals surface area contributed by atoms with Crippen LogP contribution in [0.4, 0.5) is 4.39 Å². The summed E-state index contributed by atoms with van der Waals surface area (Å²) in [5.74, 6) is 0.909. The fourth-order valence-corrected chi connectivity index (χ4v) is 1.79. The molecule has 0 amide bonds. The standard InChI is InChI=1S/C15H25FN2O/c1-4-7-17-10-13-9-14(16)11-18-15(13)19-8-5-6-12(2)3/h9,11-12,17H,4-8,10H2,1-3H3. The van der Waals surface area contributed by atoms with E-state index in [0.29, 0.717) is 24.9 Å². The van der Waals surface area contributed by atoms with E-state index < -0.39 is 0 Å². The number of hydrogen-bond donors (Lipinski definition) is 1. The van der Waals surface area contributed by atoms with E-state index in [1.807, 2.05) is 0 Å². The minimum absolute atomic E-state index is 0.317. The van der Waals surface area contributed by atoms with Crippen LogP contribution in [0.3, 0.4) is 0 Å². The molecule has 108 valence electrons. The summed E-state index contributed by atoms with van der Waals surface area (Å²) in [4.78, 5) is 4.04. The smallest absolute Gasteiger partial charge is 0.218 e. The van der Waals surface area contributed by atoms with Crippen molar-refractivity contribution in [2.45, 2.75) is 46.6 Å². The fraction of sp³-hybridized carbons (Fsp3) is 0.667. The van der Waals surface area contributed by atoms with Crippen LogP contribution >= 0.6 is 0 Å². The topological polar surface area (TPSA) is 34.2 Å². The fourth-order valence-electron chi connectivity index (χ4n) is 1.79. The van der Waals surface area contributed by atoms with Gasteiger partial charge in [0.2, 0.25) is 5.88 Å². The highest BCUT2D eigenvalue weighted by atomic mass is 19.1. The Balaban J connectivity index is 2.50. The summed E-state index contributed by atoms with van der Waals surface area (Å²) in [7, 11) is 0. The highest BCUT2D eigenvalue weighted by Gasteiger charge is 2.07. The van der Waals surface area contributed by atoms with Crippen molar-refractivity contribution < 1.29 is 9.13 Å². The van der Waals surface area contributed by atoms with Gasteiger partial charge in [0.1, 0.15) is 5.82 Å². The largest absolute Gasteiger partial charge is 0.477 e. The van der Waals surface area contributed by atoms with Gasteiger partial charge in [0, 0.05) is 12.1 Å². The summed E-state index contributed by atoms with van der Waals surface area (Å²) in [5, 5.41) is 3.24. The minimum atomic E-state index is -0.317. The molecule has 1 aromatic rings. The first-order chi connectivity index (χ1) is 9.13. The summed E-state index contributed by atoms with van der Waals surface area (Å²) in [5.41, 5.74) is 0.790. The van der Waals surface area contributed by atoms with Crippen LogP contribution < -0.4 is 10.1 Å². The van der Waals surface area contributed by atoms with Crippen molar-refractivity contribution in [3.63, 3.8) is 0 Å². The number of nitrogens with zero attached hydrogens (tertiary/aromatic N) is 1. The maximum Gasteiger partial charge on any atom is 0.218 e. The lowest BCUT2D eigenvalue weighted by Crippen LogP contribution is -2.15. The van der Waals surface area contributed by atoms with E-state index in [4.69, 9.17) is 4.74 Å². The quantitative estimate of drug-likeness (QED) is 0.696. The zero-order valence-corrected chi connectivity index (χ0v) is 12.2. The third kappa shape index (κ3) is 6.53. The summed E-state index contributed by atoms with van der Waals surface area (Å²) >= 11 is 0. The first-order valence-electron chi connectivity index (χ1n) is 7.11. The van der Waals surface area contributed by atoms with Crippen molar-refractivity contribution in [2.75, 3.05) is 13.2 Å². The maximum atomic E-state index is 13.2. The molecule has 0 saturated heterocycles. The molecule has 1 heterocycles. The summed E-state index contributed by atoms with van der Waals surface area (Å²) < 4.78 is 18.9. The van der Waals surface area contributed by atoms with Crippen molar-refractivity contribution in [1.29, 1.82) is 0 Å². The molecule has 0 aliphatic heterocycles. The second kappa shape index (κ2) is 8.86. The van der Waals surface area contributed by atoms with Gasteiger partial charge >= 0.3 is 0 Å². The molecule has 0 atom stereocenters. The van der Waals surface area contributed by atoms with Crippen molar-refractivity contribution in [1.82, 2.24) is 10.3 Å². The molecule has 19 heavy (non-hydrogen) atoms. The van der Waals surface area contributed by atoms with E-state index in [1.165, 1.54) is 12.3 Å². The van der Waals surface area contributed by atoms with Crippen LogP contribution in [0.15, 0.2) is 12.3 Å². The van der Waals surface area contributed by atoms with Crippen LogP contribution in [0.5, 0.6) is 5.88 Å². The number of ether oxygens (including phenoxy) is 1. The van der Waals surface area contributed by atoms with Gasteiger partial charge in [0.15, 0.2) is 0 Å². The lowest BCUT2D eigenvalue weighted by Gasteiger charge is -2.11. The highest BCUT2D eigenvalue weighted by Crippen LogP contribution is 2.17. The molecule has 1 rings (SSSR count). The molecule has 0 fully saturated rings. The molecule has 0 spiro atoms. The average molecular weight is 268 g/mol. The third-order valence-electron chi connectivity index (χ3n) is 2.80. The first-order valence-corrected chi connectivity index (χ1v) is 7.11. The summed E-state index contributed by atoms with van der Waals surface area (Å²) in [6, 6.07) is 1.49. The summed E-state index contributed by atoms with van der Waals surface area (Å²) in [6.45, 7) is 8.62. The van der Waals surface area contributed by atoms with Crippen molar-refractivity contribution in [3.05, 3.63) is 23.6 Å². The molecule has 1 aromatic heterocycles. The van der Waals surface area contributed by atoms with Crippen molar-refractivity contribution >= 4 is 0 Å². The van der Waals surface area contributed by atoms with Crippen LogP contribution in [-0.4, -0.2) is 18.1 Å². The number of aromatic nitrogens is 1. The van der Waals surface area contributed by atoms with Gasteiger partial charge in [-0.2, -0.15) is 0 Å². The lowest BCUT2D eigenvalue weighted by molar-refractivity contribution is 0.282. The molecular formula is C15H25FN2O. The second-order valence-corrected chi connectivity index (χ2v) is 5.18. The van der Waals surface area contributed by atoms with Crippen LogP contribution in [-0.2, 0) is 6.54 Å². The van der Waals surface area contributed by atoms with E-state index in [0.717, 1.165) is 31.4 Å². The van der Waals surface area contributed by atoms with Crippen LogP contribution in [0.25, 0.3) is 0 Å².